The zero-order chi connectivity index (χ0) is 16.8. The van der Waals surface area contributed by atoms with Crippen molar-refractivity contribution < 1.29 is 9.53 Å². The molecule has 0 unspecified atom stereocenters. The number of fused-ring (bicyclic) bond motifs is 1. The molecule has 24 heavy (non-hydrogen) atoms. The molecule has 0 saturated heterocycles. The number of nitrogens with one attached hydrogen (secondary N) is 1. The minimum Gasteiger partial charge on any atom is -0.484 e. The largest absolute Gasteiger partial charge is 0.484 e. The van der Waals surface area contributed by atoms with Gasteiger partial charge in [-0.15, -0.1) is 0 Å². The van der Waals surface area contributed by atoms with Crippen LogP contribution < -0.4 is 10.1 Å². The quantitative estimate of drug-likeness (QED) is 0.661. The highest BCUT2D eigenvalue weighted by Crippen LogP contribution is 2.15. The van der Waals surface area contributed by atoms with Crippen molar-refractivity contribution in [3.63, 3.8) is 0 Å². The van der Waals surface area contributed by atoms with E-state index < -0.39 is 0 Å². The maximum atomic E-state index is 11.7. The van der Waals surface area contributed by atoms with Crippen molar-refractivity contribution in [3.05, 3.63) is 53.6 Å². The van der Waals surface area contributed by atoms with Crippen LogP contribution in [0.15, 0.2) is 43.0 Å². The second-order valence-corrected chi connectivity index (χ2v) is 5.60. The topological polar surface area (TPSA) is 81.4 Å². The average Bonchev–Trinajstić information content (AvgIpc) is 3.06. The molecule has 1 aromatic carbocycles. The van der Waals surface area contributed by atoms with Crippen LogP contribution in [0.5, 0.6) is 5.75 Å². The van der Waals surface area contributed by atoms with E-state index in [2.05, 4.69) is 20.4 Å². The first-order valence-electron chi connectivity index (χ1n) is 7.50. The fraction of sp³-hybridized carbons (Fsp3) is 0.250. The Labute approximate surface area is 143 Å². The zero-order valence-corrected chi connectivity index (χ0v) is 13.6. The number of ether oxygens (including phenoxy) is 1. The second kappa shape index (κ2) is 7.74. The number of halogens is 1. The first-order chi connectivity index (χ1) is 11.7. The molecular formula is C16H16ClN5O2. The minimum absolute atomic E-state index is 0.0197. The van der Waals surface area contributed by atoms with Crippen LogP contribution >= 0.6 is 11.6 Å². The number of carbonyl (C=O) groups is 1. The Balaban J connectivity index is 1.36. The van der Waals surface area contributed by atoms with Crippen molar-refractivity contribution in [2.45, 2.75) is 12.8 Å². The van der Waals surface area contributed by atoms with Gasteiger partial charge in [0.1, 0.15) is 12.1 Å². The molecule has 0 saturated carbocycles. The van der Waals surface area contributed by atoms with Crippen LogP contribution in [-0.4, -0.2) is 38.6 Å². The van der Waals surface area contributed by atoms with Crippen LogP contribution in [-0.2, 0) is 11.2 Å². The molecular weight excluding hydrogens is 330 g/mol. The highest BCUT2D eigenvalue weighted by atomic mass is 35.5. The summed E-state index contributed by atoms with van der Waals surface area (Å²) < 4.78 is 7.01. The van der Waals surface area contributed by atoms with Crippen LogP contribution in [0.4, 0.5) is 0 Å². The lowest BCUT2D eigenvalue weighted by Crippen LogP contribution is -2.29. The van der Waals surface area contributed by atoms with E-state index in [-0.39, 0.29) is 12.5 Å². The van der Waals surface area contributed by atoms with E-state index in [0.717, 1.165) is 18.4 Å². The van der Waals surface area contributed by atoms with E-state index in [9.17, 15) is 4.79 Å². The first-order valence-corrected chi connectivity index (χ1v) is 7.88. The number of aryl methyl sites for hydroxylation is 1. The lowest BCUT2D eigenvalue weighted by atomic mass is 10.2. The molecule has 0 bridgehead atoms. The molecule has 0 radical (unpaired) electrons. The van der Waals surface area contributed by atoms with Crippen LogP contribution in [0.2, 0.25) is 5.02 Å². The molecule has 3 aromatic rings. The van der Waals surface area contributed by atoms with Gasteiger partial charge in [0.2, 0.25) is 0 Å². The highest BCUT2D eigenvalue weighted by molar-refractivity contribution is 6.30. The Bertz CT molecular complexity index is 819. The molecule has 7 nitrogen and oxygen atoms in total. The molecule has 2 heterocycles. The van der Waals surface area contributed by atoms with E-state index in [1.165, 1.54) is 6.33 Å². The van der Waals surface area contributed by atoms with Gasteiger partial charge in [-0.05, 0) is 42.7 Å². The van der Waals surface area contributed by atoms with Gasteiger partial charge in [0, 0.05) is 24.0 Å². The van der Waals surface area contributed by atoms with Crippen molar-refractivity contribution in [1.82, 2.24) is 24.9 Å². The number of carbonyl (C=O) groups excluding carboxylic acids is 1. The summed E-state index contributed by atoms with van der Waals surface area (Å²) in [5.74, 6) is 1.03. The maximum Gasteiger partial charge on any atom is 0.257 e. The highest BCUT2D eigenvalue weighted by Gasteiger charge is 2.03. The summed E-state index contributed by atoms with van der Waals surface area (Å²) in [6, 6.07) is 6.88. The summed E-state index contributed by atoms with van der Waals surface area (Å²) in [5.41, 5.74) is 1.04. The molecule has 2 aromatic heterocycles. The number of hydrogen-bond acceptors (Lipinski definition) is 5. The van der Waals surface area contributed by atoms with Crippen LogP contribution in [0.3, 0.4) is 0 Å². The van der Waals surface area contributed by atoms with Gasteiger partial charge < -0.3 is 10.1 Å². The molecule has 0 atom stereocenters. The summed E-state index contributed by atoms with van der Waals surface area (Å²) in [6.07, 6.45) is 6.72. The first kappa shape index (κ1) is 16.2. The van der Waals surface area contributed by atoms with Crippen molar-refractivity contribution in [1.29, 1.82) is 0 Å². The summed E-state index contributed by atoms with van der Waals surface area (Å²) >= 11 is 5.79. The summed E-state index contributed by atoms with van der Waals surface area (Å²) in [4.78, 5) is 19.9. The summed E-state index contributed by atoms with van der Waals surface area (Å²) in [7, 11) is 0. The predicted octanol–water partition coefficient (Wildman–Crippen LogP) is 1.91. The van der Waals surface area contributed by atoms with E-state index in [1.54, 1.807) is 35.0 Å². The molecule has 0 aliphatic carbocycles. The maximum absolute atomic E-state index is 11.7. The molecule has 1 N–H and O–H groups in total. The average molecular weight is 346 g/mol. The normalized spacial score (nSPS) is 10.7. The lowest BCUT2D eigenvalue weighted by molar-refractivity contribution is -0.123. The number of benzene rings is 1. The third-order valence-corrected chi connectivity index (χ3v) is 3.59. The number of hydrogen-bond donors (Lipinski definition) is 1. The van der Waals surface area contributed by atoms with Gasteiger partial charge in [-0.1, -0.05) is 11.6 Å². The molecule has 124 valence electrons. The van der Waals surface area contributed by atoms with Crippen molar-refractivity contribution in [2.24, 2.45) is 0 Å². The van der Waals surface area contributed by atoms with E-state index in [0.29, 0.717) is 23.1 Å². The molecule has 3 rings (SSSR count). The second-order valence-electron chi connectivity index (χ2n) is 5.16. The van der Waals surface area contributed by atoms with Gasteiger partial charge in [0.25, 0.3) is 11.7 Å². The third-order valence-electron chi connectivity index (χ3n) is 3.34. The van der Waals surface area contributed by atoms with E-state index in [1.807, 2.05) is 6.20 Å². The molecule has 0 aliphatic heterocycles. The van der Waals surface area contributed by atoms with Crippen molar-refractivity contribution in [2.75, 3.05) is 13.2 Å². The van der Waals surface area contributed by atoms with Crippen molar-refractivity contribution >= 4 is 23.3 Å². The number of aromatic nitrogens is 4. The molecule has 1 amide bonds. The third kappa shape index (κ3) is 4.42. The van der Waals surface area contributed by atoms with Gasteiger partial charge in [-0.2, -0.15) is 10.1 Å². The smallest absolute Gasteiger partial charge is 0.257 e. The minimum atomic E-state index is -0.158. The Morgan fingerprint density at radius 2 is 2.08 bits per heavy atom. The van der Waals surface area contributed by atoms with Gasteiger partial charge in [-0.25, -0.2) is 9.50 Å². The van der Waals surface area contributed by atoms with Crippen LogP contribution in [0, 0.1) is 0 Å². The summed E-state index contributed by atoms with van der Waals surface area (Å²) in [5, 5.41) is 7.49. The Hall–Kier alpha value is -2.67. The molecule has 0 fully saturated rings. The van der Waals surface area contributed by atoms with Gasteiger partial charge in [0.05, 0.1) is 0 Å². The monoisotopic (exact) mass is 345 g/mol. The number of rotatable bonds is 7. The van der Waals surface area contributed by atoms with Crippen LogP contribution in [0.25, 0.3) is 5.78 Å². The summed E-state index contributed by atoms with van der Waals surface area (Å²) in [6.45, 7) is 0.548. The fourth-order valence-electron chi connectivity index (χ4n) is 2.14. The van der Waals surface area contributed by atoms with Gasteiger partial charge in [-0.3, -0.25) is 4.79 Å². The Kier molecular flexibility index (Phi) is 5.22. The zero-order valence-electron chi connectivity index (χ0n) is 12.9. The Morgan fingerprint density at radius 1 is 1.25 bits per heavy atom. The lowest BCUT2D eigenvalue weighted by Gasteiger charge is -2.07. The van der Waals surface area contributed by atoms with Crippen molar-refractivity contribution in [3.8, 4) is 5.75 Å². The SMILES string of the molecule is O=C(COc1ccc(Cl)cc1)NCCCc1cnc2ncnn2c1. The van der Waals surface area contributed by atoms with Crippen LogP contribution in [0.1, 0.15) is 12.0 Å². The van der Waals surface area contributed by atoms with E-state index in [4.69, 9.17) is 16.3 Å². The van der Waals surface area contributed by atoms with Gasteiger partial charge >= 0.3 is 0 Å². The van der Waals surface area contributed by atoms with E-state index >= 15 is 0 Å². The fourth-order valence-corrected chi connectivity index (χ4v) is 2.26. The Morgan fingerprint density at radius 3 is 2.92 bits per heavy atom. The predicted molar refractivity (Wildman–Crippen MR) is 89.1 cm³/mol. The number of nitrogens with zero attached hydrogens (tertiary/aromatic N) is 4. The molecule has 8 heteroatoms. The number of amides is 1. The van der Waals surface area contributed by atoms with Gasteiger partial charge in [0.15, 0.2) is 6.61 Å². The molecule has 0 spiro atoms. The molecule has 0 aliphatic rings. The standard InChI is InChI=1S/C16H16ClN5O2/c17-13-3-5-14(6-4-13)24-10-15(23)18-7-1-2-12-8-19-16-20-11-21-22(16)9-12/h3-6,8-9,11H,1-2,7,10H2,(H,18,23).